The molecule has 0 saturated carbocycles. The smallest absolute Gasteiger partial charge is 0.272 e. The molecule has 2 aromatic rings. The van der Waals surface area contributed by atoms with Crippen molar-refractivity contribution in [3.8, 4) is 0 Å². The highest BCUT2D eigenvalue weighted by molar-refractivity contribution is 7.11. The van der Waals surface area contributed by atoms with Crippen LogP contribution >= 0.6 is 11.3 Å². The Balaban J connectivity index is 2.22. The fraction of sp³-hybridized carbons (Fsp3) is 0.556. The lowest BCUT2D eigenvalue weighted by Gasteiger charge is -2.24. The third-order valence-electron chi connectivity index (χ3n) is 3.96. The third-order valence-corrected chi connectivity index (χ3v) is 4.94. The van der Waals surface area contributed by atoms with Crippen molar-refractivity contribution < 1.29 is 4.79 Å². The average Bonchev–Trinajstić information content (AvgIpc) is 3.08. The molecule has 0 aliphatic carbocycles. The zero-order chi connectivity index (χ0) is 17.9. The van der Waals surface area contributed by atoms with Crippen molar-refractivity contribution >= 4 is 17.2 Å². The second-order valence-corrected chi connectivity index (χ2v) is 8.15. The molecule has 0 aliphatic heterocycles. The number of rotatable bonds is 7. The van der Waals surface area contributed by atoms with Crippen LogP contribution in [-0.4, -0.2) is 52.7 Å². The van der Waals surface area contributed by atoms with E-state index in [9.17, 15) is 4.79 Å². The van der Waals surface area contributed by atoms with Gasteiger partial charge in [-0.15, -0.1) is 11.3 Å². The van der Waals surface area contributed by atoms with E-state index in [1.165, 1.54) is 9.75 Å². The van der Waals surface area contributed by atoms with Gasteiger partial charge in [-0.05, 0) is 45.1 Å². The number of hydrogen-bond acceptors (Lipinski definition) is 4. The van der Waals surface area contributed by atoms with Crippen LogP contribution in [0.15, 0.2) is 18.2 Å². The van der Waals surface area contributed by atoms with Gasteiger partial charge in [0.05, 0.1) is 12.2 Å². The number of aryl methyl sites for hydroxylation is 2. The van der Waals surface area contributed by atoms with E-state index in [1.807, 2.05) is 32.1 Å². The number of hydrogen-bond donors (Lipinski definition) is 0. The van der Waals surface area contributed by atoms with Crippen LogP contribution in [0.4, 0.5) is 0 Å². The molecule has 2 aromatic heterocycles. The van der Waals surface area contributed by atoms with E-state index in [1.54, 1.807) is 16.0 Å². The van der Waals surface area contributed by atoms with Gasteiger partial charge in [0.25, 0.3) is 5.91 Å². The first-order valence-electron chi connectivity index (χ1n) is 8.31. The van der Waals surface area contributed by atoms with E-state index >= 15 is 0 Å². The van der Waals surface area contributed by atoms with E-state index in [-0.39, 0.29) is 5.91 Å². The molecule has 0 fully saturated rings. The third kappa shape index (κ3) is 4.68. The lowest BCUT2D eigenvalue weighted by molar-refractivity contribution is 0.0722. The Bertz CT molecular complexity index is 687. The Morgan fingerprint density at radius 3 is 2.50 bits per heavy atom. The van der Waals surface area contributed by atoms with E-state index in [0.29, 0.717) is 24.7 Å². The molecule has 2 heterocycles. The van der Waals surface area contributed by atoms with Crippen molar-refractivity contribution in [1.29, 1.82) is 0 Å². The molecule has 132 valence electrons. The SMILES string of the molecule is Cc1ccc(CN(CCN(C)C)C(=O)c2cc(C(C)C)nn2C)s1. The van der Waals surface area contributed by atoms with Gasteiger partial charge < -0.3 is 9.80 Å². The summed E-state index contributed by atoms with van der Waals surface area (Å²) in [5, 5.41) is 4.48. The van der Waals surface area contributed by atoms with Crippen LogP contribution in [0.1, 0.15) is 45.7 Å². The molecule has 0 spiro atoms. The molecule has 0 saturated heterocycles. The number of likely N-dealkylation sites (N-methyl/N-ethyl adjacent to an activating group) is 1. The maximum atomic E-state index is 13.1. The number of amides is 1. The van der Waals surface area contributed by atoms with Gasteiger partial charge in [0.15, 0.2) is 0 Å². The van der Waals surface area contributed by atoms with Crippen LogP contribution in [0.5, 0.6) is 0 Å². The Kier molecular flexibility index (Phi) is 6.18. The summed E-state index contributed by atoms with van der Waals surface area (Å²) in [5.74, 6) is 0.359. The van der Waals surface area contributed by atoms with E-state index in [2.05, 4.69) is 42.9 Å². The van der Waals surface area contributed by atoms with Crippen molar-refractivity contribution in [2.75, 3.05) is 27.2 Å². The number of thiophene rings is 1. The summed E-state index contributed by atoms with van der Waals surface area (Å²) in [6.07, 6.45) is 0. The lowest BCUT2D eigenvalue weighted by atomic mass is 10.1. The van der Waals surface area contributed by atoms with Crippen molar-refractivity contribution in [3.63, 3.8) is 0 Å². The molecular weight excluding hydrogens is 320 g/mol. The number of carbonyl (C=O) groups is 1. The summed E-state index contributed by atoms with van der Waals surface area (Å²) in [6.45, 7) is 8.46. The van der Waals surface area contributed by atoms with Gasteiger partial charge in [0.2, 0.25) is 0 Å². The summed E-state index contributed by atoms with van der Waals surface area (Å²) >= 11 is 1.75. The topological polar surface area (TPSA) is 41.4 Å². The summed E-state index contributed by atoms with van der Waals surface area (Å²) in [7, 11) is 5.90. The summed E-state index contributed by atoms with van der Waals surface area (Å²) in [4.78, 5) is 19.6. The van der Waals surface area contributed by atoms with Crippen LogP contribution in [0, 0.1) is 6.92 Å². The molecule has 1 amide bonds. The molecule has 2 rings (SSSR count). The van der Waals surface area contributed by atoms with Gasteiger partial charge in [-0.1, -0.05) is 13.8 Å². The van der Waals surface area contributed by atoms with Gasteiger partial charge in [0, 0.05) is 29.9 Å². The molecule has 0 radical (unpaired) electrons. The minimum absolute atomic E-state index is 0.0461. The van der Waals surface area contributed by atoms with Gasteiger partial charge in [0.1, 0.15) is 5.69 Å². The fourth-order valence-corrected chi connectivity index (χ4v) is 3.37. The van der Waals surface area contributed by atoms with Crippen molar-refractivity contribution in [1.82, 2.24) is 19.6 Å². The first-order chi connectivity index (χ1) is 11.3. The Morgan fingerprint density at radius 1 is 1.29 bits per heavy atom. The Hall–Kier alpha value is -1.66. The van der Waals surface area contributed by atoms with Gasteiger partial charge in [-0.25, -0.2) is 0 Å². The first kappa shape index (κ1) is 18.7. The summed E-state index contributed by atoms with van der Waals surface area (Å²) in [5.41, 5.74) is 1.62. The number of aromatic nitrogens is 2. The quantitative estimate of drug-likeness (QED) is 0.772. The molecule has 6 heteroatoms. The van der Waals surface area contributed by atoms with Crippen LogP contribution in [0.2, 0.25) is 0 Å². The van der Waals surface area contributed by atoms with Crippen LogP contribution in [0.25, 0.3) is 0 Å². The zero-order valence-electron chi connectivity index (χ0n) is 15.5. The zero-order valence-corrected chi connectivity index (χ0v) is 16.4. The summed E-state index contributed by atoms with van der Waals surface area (Å²) < 4.78 is 1.71. The molecule has 5 nitrogen and oxygen atoms in total. The molecule has 0 N–H and O–H groups in total. The van der Waals surface area contributed by atoms with E-state index in [0.717, 1.165) is 12.2 Å². The minimum Gasteiger partial charge on any atom is -0.331 e. The fourth-order valence-electron chi connectivity index (χ4n) is 2.47. The monoisotopic (exact) mass is 348 g/mol. The largest absolute Gasteiger partial charge is 0.331 e. The second kappa shape index (κ2) is 7.94. The predicted octanol–water partition coefficient (Wildman–Crippen LogP) is 3.12. The standard InChI is InChI=1S/C18H28N4OS/c1-13(2)16-11-17(21(6)19-16)18(23)22(10-9-20(4)5)12-15-8-7-14(3)24-15/h7-8,11,13H,9-10,12H2,1-6H3. The number of carbonyl (C=O) groups excluding carboxylic acids is 1. The molecule has 0 aromatic carbocycles. The lowest BCUT2D eigenvalue weighted by Crippen LogP contribution is -2.37. The van der Waals surface area contributed by atoms with E-state index < -0.39 is 0 Å². The predicted molar refractivity (Wildman–Crippen MR) is 99.6 cm³/mol. The maximum absolute atomic E-state index is 13.1. The van der Waals surface area contributed by atoms with Crippen LogP contribution < -0.4 is 0 Å². The number of nitrogens with zero attached hydrogens (tertiary/aromatic N) is 4. The normalized spacial score (nSPS) is 11.5. The highest BCUT2D eigenvalue weighted by Gasteiger charge is 2.21. The minimum atomic E-state index is 0.0461. The second-order valence-electron chi connectivity index (χ2n) is 6.78. The molecule has 0 bridgehead atoms. The maximum Gasteiger partial charge on any atom is 0.272 e. The Labute approximate surface area is 148 Å². The Morgan fingerprint density at radius 2 is 2.00 bits per heavy atom. The van der Waals surface area contributed by atoms with Crippen LogP contribution in [0.3, 0.4) is 0 Å². The van der Waals surface area contributed by atoms with Crippen molar-refractivity contribution in [2.24, 2.45) is 7.05 Å². The van der Waals surface area contributed by atoms with Crippen molar-refractivity contribution in [3.05, 3.63) is 39.3 Å². The van der Waals surface area contributed by atoms with Gasteiger partial charge >= 0.3 is 0 Å². The molecule has 0 aliphatic rings. The van der Waals surface area contributed by atoms with Gasteiger partial charge in [-0.2, -0.15) is 5.10 Å². The average molecular weight is 349 g/mol. The van der Waals surface area contributed by atoms with Crippen LogP contribution in [-0.2, 0) is 13.6 Å². The molecule has 0 unspecified atom stereocenters. The highest BCUT2D eigenvalue weighted by atomic mass is 32.1. The molecule has 0 atom stereocenters. The van der Waals surface area contributed by atoms with E-state index in [4.69, 9.17) is 0 Å². The first-order valence-corrected chi connectivity index (χ1v) is 9.12. The summed E-state index contributed by atoms with van der Waals surface area (Å²) in [6, 6.07) is 6.14. The van der Waals surface area contributed by atoms with Gasteiger partial charge in [-0.3, -0.25) is 9.48 Å². The molecular formula is C18H28N4OS. The van der Waals surface area contributed by atoms with Crippen molar-refractivity contribution in [2.45, 2.75) is 33.2 Å². The highest BCUT2D eigenvalue weighted by Crippen LogP contribution is 2.20. The molecule has 24 heavy (non-hydrogen) atoms.